The van der Waals surface area contributed by atoms with Crippen molar-refractivity contribution in [2.45, 2.75) is 25.7 Å². The first-order chi connectivity index (χ1) is 21.9. The van der Waals surface area contributed by atoms with Crippen LogP contribution in [0.25, 0.3) is 27.6 Å². The minimum Gasteiger partial charge on any atom is -0.314 e. The fourth-order valence-electron chi connectivity index (χ4n) is 6.95. The molecule has 0 aliphatic heterocycles. The van der Waals surface area contributed by atoms with Crippen molar-refractivity contribution in [1.29, 1.82) is 0 Å². The van der Waals surface area contributed by atoms with Crippen LogP contribution in [-0.4, -0.2) is 0 Å². The SMILES string of the molecule is C1=CCCC(N(c2ccccc2)c2cc3c(cc(N(c4ccccc4)c4ccccc4)c4ccccc43)c3c2C=CCC3)=C1. The van der Waals surface area contributed by atoms with Crippen molar-refractivity contribution < 1.29 is 0 Å². The first kappa shape index (κ1) is 26.3. The van der Waals surface area contributed by atoms with E-state index >= 15 is 0 Å². The molecule has 6 aromatic carbocycles. The van der Waals surface area contributed by atoms with Gasteiger partial charge in [0, 0.05) is 33.7 Å². The zero-order valence-corrected chi connectivity index (χ0v) is 24.7. The standard InChI is InChI=1S/C42H34N2/c1-5-17-31(18-6-1)43(32-19-7-2-8-20-32)41-29-39-36-26-14-16-28-38(36)42(30-40(39)35-25-13-15-27-37(35)41)44(33-21-9-3-10-22-33)34-23-11-4-12-24-34/h1-11,13,15-23,25,27-30H,12,14,24,26H2. The van der Waals surface area contributed by atoms with Crippen LogP contribution in [0, 0.1) is 0 Å². The van der Waals surface area contributed by atoms with E-state index in [1.54, 1.807) is 0 Å². The van der Waals surface area contributed by atoms with Crippen molar-refractivity contribution in [2.75, 3.05) is 9.80 Å². The van der Waals surface area contributed by atoms with E-state index < -0.39 is 0 Å². The van der Waals surface area contributed by atoms with E-state index in [4.69, 9.17) is 0 Å². The molecule has 2 aliphatic carbocycles. The molecule has 0 saturated carbocycles. The fourth-order valence-corrected chi connectivity index (χ4v) is 6.95. The number of nitrogens with zero attached hydrogens (tertiary/aromatic N) is 2. The third kappa shape index (κ3) is 4.60. The molecule has 0 unspecified atom stereocenters. The van der Waals surface area contributed by atoms with Gasteiger partial charge in [0.25, 0.3) is 0 Å². The molecule has 0 bridgehead atoms. The highest BCUT2D eigenvalue weighted by molar-refractivity contribution is 6.17. The highest BCUT2D eigenvalue weighted by Gasteiger charge is 2.25. The van der Waals surface area contributed by atoms with Gasteiger partial charge in [-0.2, -0.15) is 0 Å². The highest BCUT2D eigenvalue weighted by Crippen LogP contribution is 2.47. The minimum absolute atomic E-state index is 1.02. The highest BCUT2D eigenvalue weighted by atomic mass is 15.2. The molecular weight excluding hydrogens is 532 g/mol. The average Bonchev–Trinajstić information content (AvgIpc) is 3.11. The lowest BCUT2D eigenvalue weighted by molar-refractivity contribution is 0.914. The molecule has 0 amide bonds. The van der Waals surface area contributed by atoms with Crippen molar-refractivity contribution in [3.05, 3.63) is 169 Å². The number of benzene rings is 6. The van der Waals surface area contributed by atoms with Gasteiger partial charge >= 0.3 is 0 Å². The van der Waals surface area contributed by atoms with E-state index in [1.165, 1.54) is 55.4 Å². The number of allylic oxidation sites excluding steroid dienone is 5. The van der Waals surface area contributed by atoms with Crippen LogP contribution in [0.1, 0.15) is 30.4 Å². The first-order valence-corrected chi connectivity index (χ1v) is 15.7. The van der Waals surface area contributed by atoms with Crippen LogP contribution in [-0.2, 0) is 6.42 Å². The molecule has 8 rings (SSSR count). The lowest BCUT2D eigenvalue weighted by Crippen LogP contribution is -2.19. The number of para-hydroxylation sites is 3. The summed E-state index contributed by atoms with van der Waals surface area (Å²) in [4.78, 5) is 4.91. The second kappa shape index (κ2) is 11.4. The fraction of sp³-hybridized carbons (Fsp3) is 0.0952. The molecule has 0 saturated heterocycles. The summed E-state index contributed by atoms with van der Waals surface area (Å²) >= 11 is 0. The summed E-state index contributed by atoms with van der Waals surface area (Å²) in [6.45, 7) is 0. The van der Waals surface area contributed by atoms with Crippen LogP contribution in [0.4, 0.5) is 28.4 Å². The summed E-state index contributed by atoms with van der Waals surface area (Å²) in [6.07, 6.45) is 15.6. The number of rotatable bonds is 6. The maximum atomic E-state index is 2.50. The van der Waals surface area contributed by atoms with Crippen molar-refractivity contribution in [2.24, 2.45) is 0 Å². The third-order valence-corrected chi connectivity index (χ3v) is 8.92. The van der Waals surface area contributed by atoms with Crippen LogP contribution >= 0.6 is 0 Å². The molecule has 2 heteroatoms. The van der Waals surface area contributed by atoms with Gasteiger partial charge < -0.3 is 9.80 Å². The average molecular weight is 567 g/mol. The largest absolute Gasteiger partial charge is 0.314 e. The predicted molar refractivity (Wildman–Crippen MR) is 189 cm³/mol. The monoisotopic (exact) mass is 566 g/mol. The molecule has 0 fully saturated rings. The third-order valence-electron chi connectivity index (χ3n) is 8.92. The Labute approximate surface area is 259 Å². The van der Waals surface area contributed by atoms with Gasteiger partial charge in [0.2, 0.25) is 0 Å². The van der Waals surface area contributed by atoms with Gasteiger partial charge in [0.1, 0.15) is 0 Å². The van der Waals surface area contributed by atoms with E-state index in [-0.39, 0.29) is 0 Å². The Morgan fingerprint density at radius 2 is 1.02 bits per heavy atom. The molecule has 0 N–H and O–H groups in total. The summed E-state index contributed by atoms with van der Waals surface area (Å²) in [5.41, 5.74) is 10.1. The zero-order chi connectivity index (χ0) is 29.3. The number of aryl methyl sites for hydroxylation is 1. The van der Waals surface area contributed by atoms with Crippen LogP contribution in [0.5, 0.6) is 0 Å². The number of hydrogen-bond acceptors (Lipinski definition) is 2. The van der Waals surface area contributed by atoms with Gasteiger partial charge in [-0.3, -0.25) is 0 Å². The van der Waals surface area contributed by atoms with E-state index in [0.717, 1.165) is 37.1 Å². The van der Waals surface area contributed by atoms with E-state index in [9.17, 15) is 0 Å². The first-order valence-electron chi connectivity index (χ1n) is 15.7. The molecule has 2 nitrogen and oxygen atoms in total. The van der Waals surface area contributed by atoms with Crippen LogP contribution in [0.3, 0.4) is 0 Å². The number of hydrogen-bond donors (Lipinski definition) is 0. The van der Waals surface area contributed by atoms with Crippen LogP contribution in [0.15, 0.2) is 157 Å². The molecule has 0 atom stereocenters. The molecule has 0 radical (unpaired) electrons. The van der Waals surface area contributed by atoms with Crippen LogP contribution in [0.2, 0.25) is 0 Å². The summed E-state index contributed by atoms with van der Waals surface area (Å²) in [6, 6.07) is 46.2. The van der Waals surface area contributed by atoms with Crippen molar-refractivity contribution in [3.63, 3.8) is 0 Å². The van der Waals surface area contributed by atoms with Gasteiger partial charge in [-0.15, -0.1) is 0 Å². The molecule has 0 aromatic heterocycles. The Hall–Kier alpha value is -5.34. The molecule has 2 aliphatic rings. The van der Waals surface area contributed by atoms with Gasteiger partial charge in [-0.1, -0.05) is 103 Å². The minimum atomic E-state index is 1.02. The van der Waals surface area contributed by atoms with Gasteiger partial charge in [-0.25, -0.2) is 0 Å². The molecule has 44 heavy (non-hydrogen) atoms. The Morgan fingerprint density at radius 1 is 0.455 bits per heavy atom. The van der Waals surface area contributed by atoms with Gasteiger partial charge in [-0.05, 0) is 102 Å². The second-order valence-corrected chi connectivity index (χ2v) is 11.6. The summed E-state index contributed by atoms with van der Waals surface area (Å²) < 4.78 is 0. The van der Waals surface area contributed by atoms with E-state index in [2.05, 4.69) is 168 Å². The molecular formula is C42H34N2. The zero-order valence-electron chi connectivity index (χ0n) is 24.7. The van der Waals surface area contributed by atoms with Crippen molar-refractivity contribution in [1.82, 2.24) is 0 Å². The molecule has 0 heterocycles. The van der Waals surface area contributed by atoms with E-state index in [0.29, 0.717) is 0 Å². The summed E-state index contributed by atoms with van der Waals surface area (Å²) in [7, 11) is 0. The molecule has 6 aromatic rings. The quantitative estimate of drug-likeness (QED) is 0.185. The maximum absolute atomic E-state index is 2.50. The smallest absolute Gasteiger partial charge is 0.0546 e. The number of fused-ring (bicyclic) bond motifs is 5. The van der Waals surface area contributed by atoms with E-state index in [1.807, 2.05) is 0 Å². The van der Waals surface area contributed by atoms with Crippen molar-refractivity contribution >= 4 is 56.1 Å². The Bertz CT molecular complexity index is 2010. The maximum Gasteiger partial charge on any atom is 0.0546 e. The van der Waals surface area contributed by atoms with Gasteiger partial charge in [0.05, 0.1) is 11.4 Å². The molecule has 212 valence electrons. The Balaban J connectivity index is 1.45. The van der Waals surface area contributed by atoms with Gasteiger partial charge in [0.15, 0.2) is 0 Å². The topological polar surface area (TPSA) is 6.48 Å². The normalized spacial score (nSPS) is 14.0. The van der Waals surface area contributed by atoms with Crippen LogP contribution < -0.4 is 9.80 Å². The summed E-state index contributed by atoms with van der Waals surface area (Å²) in [5.74, 6) is 0. The Kier molecular flexibility index (Phi) is 6.81. The number of anilines is 5. The predicted octanol–water partition coefficient (Wildman–Crippen LogP) is 11.8. The summed E-state index contributed by atoms with van der Waals surface area (Å²) in [5, 5.41) is 5.17. The Morgan fingerprint density at radius 3 is 1.66 bits per heavy atom. The van der Waals surface area contributed by atoms with Crippen molar-refractivity contribution in [3.8, 4) is 0 Å². The molecule has 0 spiro atoms. The second-order valence-electron chi connectivity index (χ2n) is 11.6. The lowest BCUT2D eigenvalue weighted by atomic mass is 9.87. The lowest BCUT2D eigenvalue weighted by Gasteiger charge is -2.33.